The van der Waals surface area contributed by atoms with Crippen LogP contribution >= 0.6 is 0 Å². The first-order valence-electron chi connectivity index (χ1n) is 8.53. The fourth-order valence-electron chi connectivity index (χ4n) is 2.89. The molecule has 25 heavy (non-hydrogen) atoms. The molecule has 128 valence electrons. The van der Waals surface area contributed by atoms with Crippen LogP contribution in [0.1, 0.15) is 28.9 Å². The highest BCUT2D eigenvalue weighted by molar-refractivity contribution is 5.91. The van der Waals surface area contributed by atoms with Crippen LogP contribution in [0.5, 0.6) is 0 Å². The van der Waals surface area contributed by atoms with Gasteiger partial charge in [-0.15, -0.1) is 0 Å². The van der Waals surface area contributed by atoms with Gasteiger partial charge in [-0.1, -0.05) is 35.9 Å². The molecule has 3 nitrogen and oxygen atoms in total. The monoisotopic (exact) mass is 333 g/mol. The molecule has 3 heteroatoms. The fourth-order valence-corrected chi connectivity index (χ4v) is 2.89. The van der Waals surface area contributed by atoms with Crippen LogP contribution in [0.15, 0.2) is 59.0 Å². The Balaban J connectivity index is 1.58. The van der Waals surface area contributed by atoms with Gasteiger partial charge in [-0.25, -0.2) is 0 Å². The molecule has 0 unspecified atom stereocenters. The molecule has 0 spiro atoms. The van der Waals surface area contributed by atoms with E-state index in [2.05, 4.69) is 30.4 Å². The molecule has 0 saturated heterocycles. The van der Waals surface area contributed by atoms with E-state index in [0.29, 0.717) is 12.8 Å². The number of nitrogens with one attached hydrogen (secondary N) is 1. The first-order chi connectivity index (χ1) is 12.0. The molecule has 0 fully saturated rings. The Hall–Kier alpha value is -2.81. The second-order valence-electron chi connectivity index (χ2n) is 6.56. The fraction of sp³-hybridized carbons (Fsp3) is 0.227. The van der Waals surface area contributed by atoms with Gasteiger partial charge in [-0.2, -0.15) is 0 Å². The first kappa shape index (κ1) is 17.0. The molecule has 0 radical (unpaired) electrons. The Morgan fingerprint density at radius 2 is 1.56 bits per heavy atom. The Morgan fingerprint density at radius 1 is 0.880 bits per heavy atom. The van der Waals surface area contributed by atoms with Crippen molar-refractivity contribution in [2.24, 2.45) is 0 Å². The molecule has 1 N–H and O–H groups in total. The Kier molecular flexibility index (Phi) is 5.03. The van der Waals surface area contributed by atoms with Gasteiger partial charge < -0.3 is 9.73 Å². The largest absolute Gasteiger partial charge is 0.461 e. The van der Waals surface area contributed by atoms with Crippen LogP contribution in [0.4, 0.5) is 5.69 Å². The first-order valence-corrected chi connectivity index (χ1v) is 8.53. The average Bonchev–Trinajstić information content (AvgIpc) is 3.01. The van der Waals surface area contributed by atoms with Gasteiger partial charge in [0, 0.05) is 24.1 Å². The summed E-state index contributed by atoms with van der Waals surface area (Å²) in [6.07, 6.45) is 0.982. The smallest absolute Gasteiger partial charge is 0.224 e. The van der Waals surface area contributed by atoms with Gasteiger partial charge in [0.25, 0.3) is 0 Å². The van der Waals surface area contributed by atoms with Crippen molar-refractivity contribution in [2.75, 3.05) is 5.32 Å². The zero-order valence-corrected chi connectivity index (χ0v) is 14.9. The van der Waals surface area contributed by atoms with Crippen molar-refractivity contribution in [1.29, 1.82) is 0 Å². The standard InChI is InChI=1S/C22H23NO2/c1-15-4-6-18(7-5-15)21-10-8-20(25-21)9-11-22(24)23-19-13-16(2)12-17(3)14-19/h4-8,10,12-14H,9,11H2,1-3H3,(H,23,24). The maximum Gasteiger partial charge on any atom is 0.224 e. The Labute approximate surface area is 148 Å². The average molecular weight is 333 g/mol. The van der Waals surface area contributed by atoms with Crippen molar-refractivity contribution in [3.8, 4) is 11.3 Å². The highest BCUT2D eigenvalue weighted by Gasteiger charge is 2.08. The van der Waals surface area contributed by atoms with E-state index in [1.54, 1.807) is 0 Å². The van der Waals surface area contributed by atoms with Crippen LogP contribution in [0.3, 0.4) is 0 Å². The molecule has 3 aromatic rings. The van der Waals surface area contributed by atoms with Gasteiger partial charge in [0.05, 0.1) is 0 Å². The number of hydrogen-bond donors (Lipinski definition) is 1. The van der Waals surface area contributed by atoms with Crippen LogP contribution in [0.25, 0.3) is 11.3 Å². The number of carbonyl (C=O) groups is 1. The lowest BCUT2D eigenvalue weighted by Crippen LogP contribution is -2.12. The number of aryl methyl sites for hydroxylation is 4. The summed E-state index contributed by atoms with van der Waals surface area (Å²) in [4.78, 5) is 12.2. The summed E-state index contributed by atoms with van der Waals surface area (Å²) in [6.45, 7) is 6.11. The summed E-state index contributed by atoms with van der Waals surface area (Å²) in [5.41, 5.74) is 5.41. The molecule has 0 saturated carbocycles. The van der Waals surface area contributed by atoms with Crippen molar-refractivity contribution in [3.05, 3.63) is 77.0 Å². The van der Waals surface area contributed by atoms with E-state index in [1.165, 1.54) is 5.56 Å². The number of benzene rings is 2. The van der Waals surface area contributed by atoms with Crippen molar-refractivity contribution in [2.45, 2.75) is 33.6 Å². The Bertz CT molecular complexity index is 855. The molecular weight excluding hydrogens is 310 g/mol. The third kappa shape index (κ3) is 4.60. The summed E-state index contributed by atoms with van der Waals surface area (Å²) >= 11 is 0. The lowest BCUT2D eigenvalue weighted by Gasteiger charge is -2.07. The van der Waals surface area contributed by atoms with Gasteiger partial charge >= 0.3 is 0 Å². The minimum atomic E-state index is -0.00159. The molecule has 0 aliphatic carbocycles. The summed E-state index contributed by atoms with van der Waals surface area (Å²) in [5.74, 6) is 1.66. The zero-order chi connectivity index (χ0) is 17.8. The summed E-state index contributed by atoms with van der Waals surface area (Å²) in [6, 6.07) is 18.2. The van der Waals surface area contributed by atoms with Gasteiger partial charge in [0.1, 0.15) is 11.5 Å². The predicted octanol–water partition coefficient (Wildman–Crippen LogP) is 5.44. The summed E-state index contributed by atoms with van der Waals surface area (Å²) in [5, 5.41) is 2.96. The quantitative estimate of drug-likeness (QED) is 0.675. The summed E-state index contributed by atoms with van der Waals surface area (Å²) in [7, 11) is 0. The lowest BCUT2D eigenvalue weighted by atomic mass is 10.1. The molecule has 0 atom stereocenters. The van der Waals surface area contributed by atoms with Gasteiger partial charge in [0.15, 0.2) is 0 Å². The van der Waals surface area contributed by atoms with E-state index in [4.69, 9.17) is 4.42 Å². The minimum absolute atomic E-state index is 0.00159. The van der Waals surface area contributed by atoms with E-state index in [9.17, 15) is 4.79 Å². The van der Waals surface area contributed by atoms with E-state index in [-0.39, 0.29) is 5.91 Å². The van der Waals surface area contributed by atoms with Gasteiger partial charge in [-0.3, -0.25) is 4.79 Å². The van der Waals surface area contributed by atoms with E-state index in [0.717, 1.165) is 33.9 Å². The zero-order valence-electron chi connectivity index (χ0n) is 14.9. The second-order valence-corrected chi connectivity index (χ2v) is 6.56. The number of anilines is 1. The van der Waals surface area contributed by atoms with Crippen LogP contribution in [0, 0.1) is 20.8 Å². The normalized spacial score (nSPS) is 10.7. The number of carbonyl (C=O) groups excluding carboxylic acids is 1. The topological polar surface area (TPSA) is 42.2 Å². The van der Waals surface area contributed by atoms with Crippen molar-refractivity contribution in [3.63, 3.8) is 0 Å². The van der Waals surface area contributed by atoms with Gasteiger partial charge in [-0.05, 0) is 56.2 Å². The number of furan rings is 1. The molecule has 0 aliphatic rings. The minimum Gasteiger partial charge on any atom is -0.461 e. The number of hydrogen-bond acceptors (Lipinski definition) is 2. The summed E-state index contributed by atoms with van der Waals surface area (Å²) < 4.78 is 5.87. The third-order valence-electron chi connectivity index (χ3n) is 4.10. The molecule has 3 rings (SSSR count). The lowest BCUT2D eigenvalue weighted by molar-refractivity contribution is -0.116. The highest BCUT2D eigenvalue weighted by Crippen LogP contribution is 2.23. The van der Waals surface area contributed by atoms with Crippen molar-refractivity contribution >= 4 is 11.6 Å². The van der Waals surface area contributed by atoms with Crippen LogP contribution in [-0.4, -0.2) is 5.91 Å². The van der Waals surface area contributed by atoms with Gasteiger partial charge in [0.2, 0.25) is 5.91 Å². The van der Waals surface area contributed by atoms with Crippen LogP contribution in [0.2, 0.25) is 0 Å². The Morgan fingerprint density at radius 3 is 2.24 bits per heavy atom. The molecule has 2 aromatic carbocycles. The van der Waals surface area contributed by atoms with E-state index in [1.807, 2.05) is 50.2 Å². The predicted molar refractivity (Wildman–Crippen MR) is 102 cm³/mol. The SMILES string of the molecule is Cc1ccc(-c2ccc(CCC(=O)Nc3cc(C)cc(C)c3)o2)cc1. The maximum absolute atomic E-state index is 12.2. The van der Waals surface area contributed by atoms with E-state index < -0.39 is 0 Å². The van der Waals surface area contributed by atoms with Crippen LogP contribution in [-0.2, 0) is 11.2 Å². The third-order valence-corrected chi connectivity index (χ3v) is 4.10. The highest BCUT2D eigenvalue weighted by atomic mass is 16.3. The number of amides is 1. The van der Waals surface area contributed by atoms with Crippen LogP contribution < -0.4 is 5.32 Å². The molecular formula is C22H23NO2. The maximum atomic E-state index is 12.2. The molecule has 1 amide bonds. The van der Waals surface area contributed by atoms with E-state index >= 15 is 0 Å². The number of rotatable bonds is 5. The molecule has 0 bridgehead atoms. The molecule has 1 aromatic heterocycles. The second kappa shape index (κ2) is 7.39. The van der Waals surface area contributed by atoms with Crippen molar-refractivity contribution < 1.29 is 9.21 Å². The molecule has 1 heterocycles. The molecule has 0 aliphatic heterocycles. The van der Waals surface area contributed by atoms with Crippen molar-refractivity contribution in [1.82, 2.24) is 0 Å².